The lowest BCUT2D eigenvalue weighted by atomic mass is 10.1. The van der Waals surface area contributed by atoms with Crippen molar-refractivity contribution in [1.29, 1.82) is 0 Å². The Morgan fingerprint density at radius 1 is 1.47 bits per heavy atom. The van der Waals surface area contributed by atoms with Crippen molar-refractivity contribution in [2.75, 3.05) is 5.32 Å². The number of fused-ring (bicyclic) bond motifs is 1. The van der Waals surface area contributed by atoms with E-state index in [9.17, 15) is 9.18 Å². The molecule has 0 saturated heterocycles. The van der Waals surface area contributed by atoms with E-state index in [-0.39, 0.29) is 11.2 Å². The standard InChI is InChI=1S/C13H14FN3O2/c1-2-4-10(13(18)19)17-12-11-8(14)5-3-6-9(11)15-7-16-12/h3,5-7,10H,2,4H2,1H3,(H,18,19)(H,15,16,17). The third kappa shape index (κ3) is 2.78. The van der Waals surface area contributed by atoms with Crippen molar-refractivity contribution in [3.63, 3.8) is 0 Å². The van der Waals surface area contributed by atoms with E-state index >= 15 is 0 Å². The fourth-order valence-electron chi connectivity index (χ4n) is 1.89. The number of carboxylic acid groups (broad SMARTS) is 1. The van der Waals surface area contributed by atoms with Crippen LogP contribution in [0.1, 0.15) is 19.8 Å². The number of nitrogens with zero attached hydrogens (tertiary/aromatic N) is 2. The van der Waals surface area contributed by atoms with E-state index < -0.39 is 17.8 Å². The van der Waals surface area contributed by atoms with Gasteiger partial charge in [0, 0.05) is 0 Å². The van der Waals surface area contributed by atoms with Crippen LogP contribution in [0, 0.1) is 5.82 Å². The number of carbonyl (C=O) groups is 1. The number of nitrogens with one attached hydrogen (secondary N) is 1. The van der Waals surface area contributed by atoms with Gasteiger partial charge < -0.3 is 10.4 Å². The molecule has 100 valence electrons. The van der Waals surface area contributed by atoms with E-state index in [0.29, 0.717) is 18.4 Å². The fourth-order valence-corrected chi connectivity index (χ4v) is 1.89. The zero-order valence-electron chi connectivity index (χ0n) is 10.4. The van der Waals surface area contributed by atoms with Crippen molar-refractivity contribution in [1.82, 2.24) is 9.97 Å². The van der Waals surface area contributed by atoms with Gasteiger partial charge in [0.15, 0.2) is 0 Å². The van der Waals surface area contributed by atoms with Crippen LogP contribution >= 0.6 is 0 Å². The molecule has 2 rings (SSSR count). The van der Waals surface area contributed by atoms with Crippen molar-refractivity contribution in [3.05, 3.63) is 30.3 Å². The van der Waals surface area contributed by atoms with Gasteiger partial charge in [-0.3, -0.25) is 0 Å². The summed E-state index contributed by atoms with van der Waals surface area (Å²) in [6.45, 7) is 1.89. The molecule has 1 unspecified atom stereocenters. The Kier molecular flexibility index (Phi) is 3.89. The Labute approximate surface area is 109 Å². The summed E-state index contributed by atoms with van der Waals surface area (Å²) in [5.41, 5.74) is 0.443. The lowest BCUT2D eigenvalue weighted by Crippen LogP contribution is -2.29. The molecule has 5 nitrogen and oxygen atoms in total. The number of carboxylic acids is 1. The molecule has 0 bridgehead atoms. The maximum absolute atomic E-state index is 13.8. The summed E-state index contributed by atoms with van der Waals surface area (Å²) < 4.78 is 13.8. The summed E-state index contributed by atoms with van der Waals surface area (Å²) in [6, 6.07) is 3.71. The Hall–Kier alpha value is -2.24. The quantitative estimate of drug-likeness (QED) is 0.866. The third-order valence-electron chi connectivity index (χ3n) is 2.80. The van der Waals surface area contributed by atoms with Crippen LogP contribution in [0.2, 0.25) is 0 Å². The van der Waals surface area contributed by atoms with Crippen LogP contribution in [-0.2, 0) is 4.79 Å². The van der Waals surface area contributed by atoms with Crippen LogP contribution < -0.4 is 5.32 Å². The van der Waals surface area contributed by atoms with Crippen molar-refractivity contribution < 1.29 is 14.3 Å². The van der Waals surface area contributed by atoms with Gasteiger partial charge in [0.2, 0.25) is 0 Å². The van der Waals surface area contributed by atoms with Crippen molar-refractivity contribution in [3.8, 4) is 0 Å². The van der Waals surface area contributed by atoms with Crippen molar-refractivity contribution >= 4 is 22.7 Å². The van der Waals surface area contributed by atoms with Gasteiger partial charge >= 0.3 is 5.97 Å². The molecule has 0 radical (unpaired) electrons. The molecule has 0 amide bonds. The maximum Gasteiger partial charge on any atom is 0.326 e. The first kappa shape index (κ1) is 13.2. The summed E-state index contributed by atoms with van der Waals surface area (Å²) in [5.74, 6) is -1.24. The van der Waals surface area contributed by atoms with Crippen molar-refractivity contribution in [2.24, 2.45) is 0 Å². The number of aliphatic carboxylic acids is 1. The van der Waals surface area contributed by atoms with Gasteiger partial charge in [-0.05, 0) is 18.6 Å². The van der Waals surface area contributed by atoms with E-state index in [4.69, 9.17) is 5.11 Å². The minimum Gasteiger partial charge on any atom is -0.480 e. The Morgan fingerprint density at radius 3 is 2.95 bits per heavy atom. The van der Waals surface area contributed by atoms with E-state index in [1.165, 1.54) is 12.4 Å². The fraction of sp³-hybridized carbons (Fsp3) is 0.308. The average Bonchev–Trinajstić information content (AvgIpc) is 2.38. The van der Waals surface area contributed by atoms with E-state index in [0.717, 1.165) is 0 Å². The van der Waals surface area contributed by atoms with E-state index in [1.807, 2.05) is 6.92 Å². The van der Waals surface area contributed by atoms with Crippen LogP contribution in [0.5, 0.6) is 0 Å². The van der Waals surface area contributed by atoms with E-state index in [1.54, 1.807) is 12.1 Å². The first-order chi connectivity index (χ1) is 9.13. The number of halogens is 1. The largest absolute Gasteiger partial charge is 0.480 e. The van der Waals surface area contributed by atoms with Gasteiger partial charge in [-0.25, -0.2) is 19.2 Å². The summed E-state index contributed by atoms with van der Waals surface area (Å²) >= 11 is 0. The zero-order chi connectivity index (χ0) is 13.8. The highest BCUT2D eigenvalue weighted by Gasteiger charge is 2.18. The lowest BCUT2D eigenvalue weighted by molar-refractivity contribution is -0.138. The number of benzene rings is 1. The molecule has 0 fully saturated rings. The van der Waals surface area contributed by atoms with Gasteiger partial charge in [-0.2, -0.15) is 0 Å². The molecule has 1 atom stereocenters. The van der Waals surface area contributed by atoms with Crippen LogP contribution in [0.25, 0.3) is 10.9 Å². The summed E-state index contributed by atoms with van der Waals surface area (Å²) in [4.78, 5) is 19.0. The highest BCUT2D eigenvalue weighted by molar-refractivity contribution is 5.91. The highest BCUT2D eigenvalue weighted by Crippen LogP contribution is 2.23. The minimum absolute atomic E-state index is 0.212. The zero-order valence-corrected chi connectivity index (χ0v) is 10.4. The molecule has 0 aliphatic heterocycles. The first-order valence-corrected chi connectivity index (χ1v) is 6.02. The van der Waals surface area contributed by atoms with Crippen LogP contribution in [0.15, 0.2) is 24.5 Å². The second-order valence-corrected chi connectivity index (χ2v) is 4.18. The summed E-state index contributed by atoms with van der Waals surface area (Å²) in [7, 11) is 0. The second-order valence-electron chi connectivity index (χ2n) is 4.18. The predicted molar refractivity (Wildman–Crippen MR) is 69.5 cm³/mol. The molecule has 6 heteroatoms. The van der Waals surface area contributed by atoms with Crippen LogP contribution in [-0.4, -0.2) is 27.1 Å². The van der Waals surface area contributed by atoms with E-state index in [2.05, 4.69) is 15.3 Å². The Morgan fingerprint density at radius 2 is 2.26 bits per heavy atom. The molecular weight excluding hydrogens is 249 g/mol. The topological polar surface area (TPSA) is 75.1 Å². The van der Waals surface area contributed by atoms with Crippen LogP contribution in [0.4, 0.5) is 10.2 Å². The monoisotopic (exact) mass is 263 g/mol. The number of rotatable bonds is 5. The van der Waals surface area contributed by atoms with Crippen LogP contribution in [0.3, 0.4) is 0 Å². The van der Waals surface area contributed by atoms with Crippen molar-refractivity contribution in [2.45, 2.75) is 25.8 Å². The average molecular weight is 263 g/mol. The molecule has 1 aromatic heterocycles. The number of aromatic nitrogens is 2. The summed E-state index contributed by atoms with van der Waals surface area (Å²) in [6.07, 6.45) is 2.43. The minimum atomic E-state index is -0.982. The normalized spacial score (nSPS) is 12.3. The summed E-state index contributed by atoms with van der Waals surface area (Å²) in [5, 5.41) is 12.1. The van der Waals surface area contributed by atoms with Gasteiger partial charge in [0.25, 0.3) is 0 Å². The number of anilines is 1. The molecule has 2 aromatic rings. The molecule has 1 aromatic carbocycles. The third-order valence-corrected chi connectivity index (χ3v) is 2.80. The molecule has 0 saturated carbocycles. The molecule has 19 heavy (non-hydrogen) atoms. The highest BCUT2D eigenvalue weighted by atomic mass is 19.1. The Balaban J connectivity index is 2.42. The first-order valence-electron chi connectivity index (χ1n) is 6.02. The molecule has 1 heterocycles. The Bertz CT molecular complexity index is 598. The smallest absolute Gasteiger partial charge is 0.326 e. The second kappa shape index (κ2) is 5.60. The number of hydrogen-bond donors (Lipinski definition) is 2. The molecule has 0 aliphatic carbocycles. The maximum atomic E-state index is 13.8. The molecular formula is C13H14FN3O2. The lowest BCUT2D eigenvalue weighted by Gasteiger charge is -2.15. The molecule has 0 aliphatic rings. The molecule has 0 spiro atoms. The van der Waals surface area contributed by atoms with Gasteiger partial charge in [0.05, 0.1) is 10.9 Å². The van der Waals surface area contributed by atoms with Gasteiger partial charge in [-0.15, -0.1) is 0 Å². The number of hydrogen-bond acceptors (Lipinski definition) is 4. The predicted octanol–water partition coefficient (Wildman–Crippen LogP) is 2.43. The molecule has 2 N–H and O–H groups in total. The van der Waals surface area contributed by atoms with Gasteiger partial charge in [-0.1, -0.05) is 19.4 Å². The SMILES string of the molecule is CCCC(Nc1ncnc2cccc(F)c12)C(=O)O. The van der Waals surface area contributed by atoms with Gasteiger partial charge in [0.1, 0.15) is 24.0 Å².